The highest BCUT2D eigenvalue weighted by Gasteiger charge is 2.12. The van der Waals surface area contributed by atoms with Crippen LogP contribution in [-0.2, 0) is 0 Å². The number of hydrogen-bond donors (Lipinski definition) is 1. The summed E-state index contributed by atoms with van der Waals surface area (Å²) in [5.41, 5.74) is 3.88. The zero-order chi connectivity index (χ0) is 13.0. The third-order valence-corrected chi connectivity index (χ3v) is 3.90. The van der Waals surface area contributed by atoms with Crippen molar-refractivity contribution in [3.8, 4) is 5.75 Å². The molecule has 0 aromatic heterocycles. The Bertz CT molecular complexity index is 400. The van der Waals surface area contributed by atoms with Gasteiger partial charge in [0.2, 0.25) is 0 Å². The van der Waals surface area contributed by atoms with Crippen LogP contribution >= 0.6 is 12.4 Å². The van der Waals surface area contributed by atoms with Crippen LogP contribution < -0.4 is 10.1 Å². The molecule has 1 N–H and O–H groups in total. The minimum atomic E-state index is 0. The van der Waals surface area contributed by atoms with Gasteiger partial charge in [0, 0.05) is 6.04 Å². The molecule has 1 aliphatic rings. The third-order valence-electron chi connectivity index (χ3n) is 3.90. The van der Waals surface area contributed by atoms with Crippen molar-refractivity contribution in [1.29, 1.82) is 0 Å². The summed E-state index contributed by atoms with van der Waals surface area (Å²) in [4.78, 5) is 0. The molecule has 1 aromatic carbocycles. The van der Waals surface area contributed by atoms with Crippen LogP contribution in [0.1, 0.15) is 42.4 Å². The monoisotopic (exact) mass is 283 g/mol. The molecule has 1 saturated heterocycles. The Morgan fingerprint density at radius 1 is 1.21 bits per heavy atom. The first kappa shape index (κ1) is 16.3. The van der Waals surface area contributed by atoms with Gasteiger partial charge in [-0.25, -0.2) is 0 Å². The number of nitrogens with one attached hydrogen (secondary N) is 1. The van der Waals surface area contributed by atoms with E-state index in [9.17, 15) is 0 Å². The molecule has 0 spiro atoms. The number of piperidine rings is 1. The fraction of sp³-hybridized carbons (Fsp3) is 0.625. The molecule has 0 saturated carbocycles. The number of ether oxygens (including phenoxy) is 1. The lowest BCUT2D eigenvalue weighted by Gasteiger charge is -2.23. The second-order valence-corrected chi connectivity index (χ2v) is 5.49. The molecular weight excluding hydrogens is 258 g/mol. The van der Waals surface area contributed by atoms with Crippen LogP contribution in [0.3, 0.4) is 0 Å². The second kappa shape index (κ2) is 7.76. The van der Waals surface area contributed by atoms with E-state index in [-0.39, 0.29) is 12.4 Å². The quantitative estimate of drug-likeness (QED) is 0.904. The number of benzene rings is 1. The van der Waals surface area contributed by atoms with E-state index in [1.165, 1.54) is 42.5 Å². The Morgan fingerprint density at radius 3 is 2.68 bits per heavy atom. The second-order valence-electron chi connectivity index (χ2n) is 5.49. The van der Waals surface area contributed by atoms with E-state index in [0.29, 0.717) is 6.04 Å². The zero-order valence-electron chi connectivity index (χ0n) is 12.3. The van der Waals surface area contributed by atoms with Gasteiger partial charge in [-0.15, -0.1) is 12.4 Å². The van der Waals surface area contributed by atoms with Gasteiger partial charge in [0.05, 0.1) is 6.61 Å². The summed E-state index contributed by atoms with van der Waals surface area (Å²) >= 11 is 0. The van der Waals surface area contributed by atoms with Crippen LogP contribution in [0.15, 0.2) is 12.1 Å². The van der Waals surface area contributed by atoms with Crippen molar-refractivity contribution in [3.63, 3.8) is 0 Å². The highest BCUT2D eigenvalue weighted by Crippen LogP contribution is 2.23. The molecule has 3 heteroatoms. The van der Waals surface area contributed by atoms with Gasteiger partial charge in [-0.3, -0.25) is 0 Å². The standard InChI is InChI=1S/C16H25NO.ClH/c1-12-10-13(2)14(3)16(11-12)18-9-7-15-6-4-5-8-17-15;/h10-11,15,17H,4-9H2,1-3H3;1H. The first-order valence-electron chi connectivity index (χ1n) is 7.11. The maximum Gasteiger partial charge on any atom is 0.122 e. The lowest BCUT2D eigenvalue weighted by molar-refractivity contribution is 0.266. The predicted molar refractivity (Wildman–Crippen MR) is 83.7 cm³/mol. The molecule has 2 rings (SSSR count). The van der Waals surface area contributed by atoms with Gasteiger partial charge in [-0.05, 0) is 69.3 Å². The smallest absolute Gasteiger partial charge is 0.122 e. The molecule has 1 atom stereocenters. The topological polar surface area (TPSA) is 21.3 Å². The largest absolute Gasteiger partial charge is 0.493 e. The molecule has 0 radical (unpaired) electrons. The van der Waals surface area contributed by atoms with E-state index in [2.05, 4.69) is 38.2 Å². The van der Waals surface area contributed by atoms with Crippen LogP contribution in [0.4, 0.5) is 0 Å². The maximum absolute atomic E-state index is 5.96. The normalized spacial score (nSPS) is 18.8. The van der Waals surface area contributed by atoms with Crippen molar-refractivity contribution in [1.82, 2.24) is 5.32 Å². The van der Waals surface area contributed by atoms with Gasteiger partial charge >= 0.3 is 0 Å². The fourth-order valence-corrected chi connectivity index (χ4v) is 2.63. The molecule has 1 unspecified atom stereocenters. The van der Waals surface area contributed by atoms with Crippen LogP contribution in [0.5, 0.6) is 5.75 Å². The van der Waals surface area contributed by atoms with Gasteiger partial charge in [0.15, 0.2) is 0 Å². The Labute approximate surface area is 123 Å². The molecule has 1 aliphatic heterocycles. The molecule has 1 fully saturated rings. The highest BCUT2D eigenvalue weighted by molar-refractivity contribution is 5.85. The van der Waals surface area contributed by atoms with Crippen molar-refractivity contribution < 1.29 is 4.74 Å². The Morgan fingerprint density at radius 2 is 2.00 bits per heavy atom. The van der Waals surface area contributed by atoms with Crippen LogP contribution in [0.2, 0.25) is 0 Å². The minimum Gasteiger partial charge on any atom is -0.493 e. The summed E-state index contributed by atoms with van der Waals surface area (Å²) in [6.45, 7) is 8.41. The number of aryl methyl sites for hydroxylation is 2. The maximum atomic E-state index is 5.96. The molecule has 1 aromatic rings. The zero-order valence-corrected chi connectivity index (χ0v) is 13.1. The number of halogens is 1. The van der Waals surface area contributed by atoms with Gasteiger partial charge in [0.25, 0.3) is 0 Å². The summed E-state index contributed by atoms with van der Waals surface area (Å²) in [6, 6.07) is 5.02. The molecule has 108 valence electrons. The van der Waals surface area contributed by atoms with E-state index in [1.807, 2.05) is 0 Å². The van der Waals surface area contributed by atoms with Gasteiger partial charge in [0.1, 0.15) is 5.75 Å². The minimum absolute atomic E-state index is 0. The van der Waals surface area contributed by atoms with E-state index >= 15 is 0 Å². The van der Waals surface area contributed by atoms with Gasteiger partial charge in [-0.2, -0.15) is 0 Å². The Balaban J connectivity index is 0.00000180. The molecule has 2 nitrogen and oxygen atoms in total. The summed E-state index contributed by atoms with van der Waals surface area (Å²) < 4.78 is 5.96. The fourth-order valence-electron chi connectivity index (χ4n) is 2.63. The SMILES string of the molecule is Cc1cc(C)c(C)c(OCCC2CCCCN2)c1.Cl. The lowest BCUT2D eigenvalue weighted by atomic mass is 10.0. The van der Waals surface area contributed by atoms with E-state index in [1.54, 1.807) is 0 Å². The average molecular weight is 284 g/mol. The van der Waals surface area contributed by atoms with Crippen molar-refractivity contribution >= 4 is 12.4 Å². The first-order valence-corrected chi connectivity index (χ1v) is 7.11. The predicted octanol–water partition coefficient (Wildman–Crippen LogP) is 3.94. The average Bonchev–Trinajstić information content (AvgIpc) is 2.36. The molecule has 19 heavy (non-hydrogen) atoms. The van der Waals surface area contributed by atoms with E-state index in [4.69, 9.17) is 4.74 Å². The van der Waals surface area contributed by atoms with Crippen molar-refractivity contribution in [2.45, 2.75) is 52.5 Å². The van der Waals surface area contributed by atoms with Crippen LogP contribution in [-0.4, -0.2) is 19.2 Å². The highest BCUT2D eigenvalue weighted by atomic mass is 35.5. The van der Waals surface area contributed by atoms with Crippen molar-refractivity contribution in [3.05, 3.63) is 28.8 Å². The summed E-state index contributed by atoms with van der Waals surface area (Å²) in [7, 11) is 0. The van der Waals surface area contributed by atoms with Crippen LogP contribution in [0, 0.1) is 20.8 Å². The van der Waals surface area contributed by atoms with E-state index in [0.717, 1.165) is 18.8 Å². The van der Waals surface area contributed by atoms with Crippen molar-refractivity contribution in [2.75, 3.05) is 13.2 Å². The van der Waals surface area contributed by atoms with Crippen LogP contribution in [0.25, 0.3) is 0 Å². The summed E-state index contributed by atoms with van der Waals surface area (Å²) in [5, 5.41) is 3.56. The first-order chi connectivity index (χ1) is 8.66. The summed E-state index contributed by atoms with van der Waals surface area (Å²) in [5.74, 6) is 1.06. The molecule has 0 amide bonds. The Kier molecular flexibility index (Phi) is 6.67. The summed E-state index contributed by atoms with van der Waals surface area (Å²) in [6.07, 6.45) is 5.11. The molecular formula is C16H26ClNO. The number of hydrogen-bond acceptors (Lipinski definition) is 2. The van der Waals surface area contributed by atoms with E-state index < -0.39 is 0 Å². The lowest BCUT2D eigenvalue weighted by Crippen LogP contribution is -2.35. The molecule has 1 heterocycles. The molecule has 0 aliphatic carbocycles. The van der Waals surface area contributed by atoms with Gasteiger partial charge < -0.3 is 10.1 Å². The van der Waals surface area contributed by atoms with Crippen molar-refractivity contribution in [2.24, 2.45) is 0 Å². The third kappa shape index (κ3) is 4.70. The van der Waals surface area contributed by atoms with Gasteiger partial charge in [-0.1, -0.05) is 12.5 Å². The molecule has 0 bridgehead atoms. The Hall–Kier alpha value is -0.730. The number of rotatable bonds is 4.